The summed E-state index contributed by atoms with van der Waals surface area (Å²) >= 11 is 0. The minimum Gasteiger partial charge on any atom is -0.467 e. The molecule has 0 unspecified atom stereocenters. The number of furan rings is 1. The van der Waals surface area contributed by atoms with E-state index in [1.807, 2.05) is 43.4 Å². The van der Waals surface area contributed by atoms with Crippen molar-refractivity contribution in [3.05, 3.63) is 60.1 Å². The molecule has 2 N–H and O–H groups in total. The average Bonchev–Trinajstić information content (AvgIpc) is 2.99. The first-order valence-electron chi connectivity index (χ1n) is 6.60. The van der Waals surface area contributed by atoms with Gasteiger partial charge in [0.15, 0.2) is 0 Å². The van der Waals surface area contributed by atoms with Gasteiger partial charge in [-0.1, -0.05) is 18.2 Å². The molecule has 0 saturated heterocycles. The summed E-state index contributed by atoms with van der Waals surface area (Å²) in [6.07, 6.45) is 1.68. The Morgan fingerprint density at radius 1 is 1.20 bits per heavy atom. The van der Waals surface area contributed by atoms with Crippen molar-refractivity contribution in [3.63, 3.8) is 0 Å². The zero-order chi connectivity index (χ0) is 13.9. The Kier molecular flexibility index (Phi) is 3.39. The molecule has 4 heteroatoms. The smallest absolute Gasteiger partial charge is 0.129 e. The van der Waals surface area contributed by atoms with Gasteiger partial charge in [-0.3, -0.25) is 0 Å². The molecule has 0 atom stereocenters. The molecule has 0 bridgehead atoms. The summed E-state index contributed by atoms with van der Waals surface area (Å²) in [4.78, 5) is 6.75. The van der Waals surface area contributed by atoms with Crippen LogP contribution in [0.3, 0.4) is 0 Å². The lowest BCUT2D eigenvalue weighted by atomic mass is 10.1. The van der Waals surface area contributed by atoms with Gasteiger partial charge in [0.05, 0.1) is 18.3 Å². The SMILES string of the molecule is CN(Cc1ccco1)c1cc(CN)c2ccccc2n1. The first-order chi connectivity index (χ1) is 9.78. The van der Waals surface area contributed by atoms with Crippen molar-refractivity contribution in [2.24, 2.45) is 5.73 Å². The first-order valence-corrected chi connectivity index (χ1v) is 6.60. The van der Waals surface area contributed by atoms with Crippen molar-refractivity contribution >= 4 is 16.7 Å². The third-order valence-electron chi connectivity index (χ3n) is 3.37. The van der Waals surface area contributed by atoms with Gasteiger partial charge in [0.2, 0.25) is 0 Å². The maximum atomic E-state index is 5.86. The molecule has 0 amide bonds. The molecule has 1 aromatic carbocycles. The second kappa shape index (κ2) is 5.35. The fraction of sp³-hybridized carbons (Fsp3) is 0.188. The number of pyridine rings is 1. The van der Waals surface area contributed by atoms with Crippen LogP contribution in [0.2, 0.25) is 0 Å². The lowest BCUT2D eigenvalue weighted by molar-refractivity contribution is 0.507. The summed E-state index contributed by atoms with van der Waals surface area (Å²) < 4.78 is 5.38. The Hall–Kier alpha value is -2.33. The lowest BCUT2D eigenvalue weighted by Crippen LogP contribution is -2.18. The van der Waals surface area contributed by atoms with Crippen molar-refractivity contribution in [2.45, 2.75) is 13.1 Å². The van der Waals surface area contributed by atoms with Crippen LogP contribution in [0, 0.1) is 0 Å². The highest BCUT2D eigenvalue weighted by Gasteiger charge is 2.09. The maximum absolute atomic E-state index is 5.86. The fourth-order valence-corrected chi connectivity index (χ4v) is 2.31. The Morgan fingerprint density at radius 3 is 2.80 bits per heavy atom. The number of hydrogen-bond acceptors (Lipinski definition) is 4. The van der Waals surface area contributed by atoms with Crippen molar-refractivity contribution in [1.82, 2.24) is 4.98 Å². The number of anilines is 1. The predicted molar refractivity (Wildman–Crippen MR) is 80.4 cm³/mol. The summed E-state index contributed by atoms with van der Waals surface area (Å²) in [5, 5.41) is 1.12. The van der Waals surface area contributed by atoms with Gasteiger partial charge in [-0.2, -0.15) is 0 Å². The normalized spacial score (nSPS) is 10.9. The number of fused-ring (bicyclic) bond motifs is 1. The molecule has 102 valence electrons. The number of rotatable bonds is 4. The molecule has 0 radical (unpaired) electrons. The summed E-state index contributed by atoms with van der Waals surface area (Å²) in [6.45, 7) is 1.19. The molecular formula is C16H17N3O. The molecule has 2 aromatic heterocycles. The summed E-state index contributed by atoms with van der Waals surface area (Å²) in [5.74, 6) is 1.82. The van der Waals surface area contributed by atoms with E-state index in [1.54, 1.807) is 6.26 Å². The van der Waals surface area contributed by atoms with Gasteiger partial charge < -0.3 is 15.1 Å². The van der Waals surface area contributed by atoms with Crippen LogP contribution in [0.1, 0.15) is 11.3 Å². The second-order valence-corrected chi connectivity index (χ2v) is 4.80. The topological polar surface area (TPSA) is 55.3 Å². The van der Waals surface area contributed by atoms with E-state index in [9.17, 15) is 0 Å². The number of hydrogen-bond donors (Lipinski definition) is 1. The van der Waals surface area contributed by atoms with E-state index in [-0.39, 0.29) is 0 Å². The predicted octanol–water partition coefficient (Wildman–Crippen LogP) is 2.92. The largest absolute Gasteiger partial charge is 0.467 e. The van der Waals surface area contributed by atoms with Crippen molar-refractivity contribution in [2.75, 3.05) is 11.9 Å². The van der Waals surface area contributed by atoms with E-state index in [4.69, 9.17) is 15.1 Å². The van der Waals surface area contributed by atoms with Crippen LogP contribution >= 0.6 is 0 Å². The third-order valence-corrected chi connectivity index (χ3v) is 3.37. The minimum absolute atomic E-state index is 0.505. The molecule has 20 heavy (non-hydrogen) atoms. The van der Waals surface area contributed by atoms with E-state index in [0.29, 0.717) is 13.1 Å². The van der Waals surface area contributed by atoms with E-state index < -0.39 is 0 Å². The Labute approximate surface area is 117 Å². The highest BCUT2D eigenvalue weighted by Crippen LogP contribution is 2.23. The summed E-state index contributed by atoms with van der Waals surface area (Å²) in [5.41, 5.74) is 7.93. The van der Waals surface area contributed by atoms with E-state index in [0.717, 1.165) is 28.0 Å². The summed E-state index contributed by atoms with van der Waals surface area (Å²) in [7, 11) is 2.00. The van der Waals surface area contributed by atoms with Crippen LogP contribution < -0.4 is 10.6 Å². The fourth-order valence-electron chi connectivity index (χ4n) is 2.31. The van der Waals surface area contributed by atoms with Gasteiger partial charge >= 0.3 is 0 Å². The van der Waals surface area contributed by atoms with E-state index >= 15 is 0 Å². The van der Waals surface area contributed by atoms with Crippen LogP contribution in [0.25, 0.3) is 10.9 Å². The second-order valence-electron chi connectivity index (χ2n) is 4.80. The monoisotopic (exact) mass is 267 g/mol. The highest BCUT2D eigenvalue weighted by atomic mass is 16.3. The molecule has 0 aliphatic rings. The molecule has 0 aliphatic carbocycles. The summed E-state index contributed by atoms with van der Waals surface area (Å²) in [6, 6.07) is 14.0. The van der Waals surface area contributed by atoms with E-state index in [1.165, 1.54) is 0 Å². The molecule has 2 heterocycles. The van der Waals surface area contributed by atoms with Gasteiger partial charge in [-0.15, -0.1) is 0 Å². The van der Waals surface area contributed by atoms with Crippen LogP contribution in [-0.2, 0) is 13.1 Å². The molecule has 0 saturated carbocycles. The zero-order valence-electron chi connectivity index (χ0n) is 11.4. The van der Waals surface area contributed by atoms with Gasteiger partial charge in [0.25, 0.3) is 0 Å². The van der Waals surface area contributed by atoms with Gasteiger partial charge in [0, 0.05) is 19.0 Å². The quantitative estimate of drug-likeness (QED) is 0.789. The molecule has 3 aromatic rings. The number of nitrogens with two attached hydrogens (primary N) is 1. The van der Waals surface area contributed by atoms with Crippen LogP contribution in [-0.4, -0.2) is 12.0 Å². The van der Waals surface area contributed by atoms with Crippen LogP contribution in [0.4, 0.5) is 5.82 Å². The lowest BCUT2D eigenvalue weighted by Gasteiger charge is -2.18. The minimum atomic E-state index is 0.505. The van der Waals surface area contributed by atoms with Gasteiger partial charge in [0.1, 0.15) is 11.6 Å². The molecular weight excluding hydrogens is 250 g/mol. The highest BCUT2D eigenvalue weighted by molar-refractivity contribution is 5.84. The molecule has 0 aliphatic heterocycles. The average molecular weight is 267 g/mol. The standard InChI is InChI=1S/C16H17N3O/c1-19(11-13-5-4-8-20-13)16-9-12(10-17)14-6-2-3-7-15(14)18-16/h2-9H,10-11,17H2,1H3. The number of nitrogens with zero attached hydrogens (tertiary/aromatic N) is 2. The number of para-hydroxylation sites is 1. The molecule has 3 rings (SSSR count). The maximum Gasteiger partial charge on any atom is 0.129 e. The van der Waals surface area contributed by atoms with Crippen LogP contribution in [0.15, 0.2) is 53.1 Å². The van der Waals surface area contributed by atoms with Crippen molar-refractivity contribution in [1.29, 1.82) is 0 Å². The van der Waals surface area contributed by atoms with E-state index in [2.05, 4.69) is 11.0 Å². The molecule has 4 nitrogen and oxygen atoms in total. The zero-order valence-corrected chi connectivity index (χ0v) is 11.4. The first kappa shape index (κ1) is 12.7. The number of benzene rings is 1. The van der Waals surface area contributed by atoms with Gasteiger partial charge in [-0.05, 0) is 29.8 Å². The van der Waals surface area contributed by atoms with Crippen LogP contribution in [0.5, 0.6) is 0 Å². The number of aromatic nitrogens is 1. The van der Waals surface area contributed by atoms with Crippen molar-refractivity contribution in [3.8, 4) is 0 Å². The molecule has 0 spiro atoms. The van der Waals surface area contributed by atoms with Crippen molar-refractivity contribution < 1.29 is 4.42 Å². The Balaban J connectivity index is 1.98. The molecule has 0 fully saturated rings. The third kappa shape index (κ3) is 2.38. The van der Waals surface area contributed by atoms with Gasteiger partial charge in [-0.25, -0.2) is 4.98 Å². The Morgan fingerprint density at radius 2 is 2.05 bits per heavy atom. The Bertz CT molecular complexity index is 707.